The molecule has 194 valence electrons. The second-order valence-corrected chi connectivity index (χ2v) is 9.98. The molecule has 0 saturated carbocycles. The molecule has 5 rings (SSSR count). The van der Waals surface area contributed by atoms with Crippen LogP contribution in [-0.2, 0) is 4.74 Å². The summed E-state index contributed by atoms with van der Waals surface area (Å²) in [6.45, 7) is 9.74. The minimum Gasteiger partial charge on any atom is -0.489 e. The zero-order valence-electron chi connectivity index (χ0n) is 21.8. The van der Waals surface area contributed by atoms with Crippen molar-refractivity contribution in [3.05, 3.63) is 71.9 Å². The molecular formula is C29H35N5O3. The number of rotatable bonds is 7. The molecule has 8 heteroatoms. The van der Waals surface area contributed by atoms with Gasteiger partial charge in [-0.3, -0.25) is 14.7 Å². The van der Waals surface area contributed by atoms with Crippen LogP contribution >= 0.6 is 0 Å². The molecular weight excluding hydrogens is 466 g/mol. The lowest BCUT2D eigenvalue weighted by atomic mass is 9.90. The molecule has 0 aromatic carbocycles. The molecule has 1 amide bonds. The van der Waals surface area contributed by atoms with Gasteiger partial charge >= 0.3 is 0 Å². The quantitative estimate of drug-likeness (QED) is 0.497. The van der Waals surface area contributed by atoms with Crippen LogP contribution in [0.15, 0.2) is 55.1 Å². The van der Waals surface area contributed by atoms with Gasteiger partial charge in [0.25, 0.3) is 5.91 Å². The van der Waals surface area contributed by atoms with Crippen LogP contribution in [-0.4, -0.2) is 63.8 Å². The van der Waals surface area contributed by atoms with Gasteiger partial charge in [0.1, 0.15) is 11.6 Å². The van der Waals surface area contributed by atoms with Crippen LogP contribution in [0.3, 0.4) is 0 Å². The van der Waals surface area contributed by atoms with Crippen LogP contribution in [0, 0.1) is 6.92 Å². The minimum absolute atomic E-state index is 0.0915. The maximum absolute atomic E-state index is 12.9. The first kappa shape index (κ1) is 25.2. The third-order valence-corrected chi connectivity index (χ3v) is 6.90. The molecule has 0 radical (unpaired) electrons. The van der Waals surface area contributed by atoms with Crippen LogP contribution in [0.5, 0.6) is 5.75 Å². The Morgan fingerprint density at radius 2 is 2.00 bits per heavy atom. The van der Waals surface area contributed by atoms with E-state index in [0.717, 1.165) is 62.6 Å². The van der Waals surface area contributed by atoms with E-state index in [1.165, 1.54) is 5.57 Å². The van der Waals surface area contributed by atoms with E-state index < -0.39 is 0 Å². The molecule has 37 heavy (non-hydrogen) atoms. The van der Waals surface area contributed by atoms with Gasteiger partial charge in [0.05, 0.1) is 48.7 Å². The Balaban J connectivity index is 1.21. The summed E-state index contributed by atoms with van der Waals surface area (Å²) in [4.78, 5) is 24.6. The number of nitrogens with zero attached hydrogens (tertiary/aromatic N) is 4. The molecule has 0 bridgehead atoms. The minimum atomic E-state index is -0.183. The standard InChI is InChI=1S/C29H35N5O3/c1-20(2)37-26-8-9-27(30-18-26)34-11-10-23(19-34)29(35)32-24-16-21(3)28(31-17-24)22-4-6-25(7-5-22)33-12-14-36-15-13-33/h4,8-11,16-20,25H,5-7,12-15H2,1-3H3,(H,32,35). The second kappa shape index (κ2) is 11.3. The van der Waals surface area contributed by atoms with Gasteiger partial charge in [-0.05, 0) is 75.4 Å². The molecule has 1 fully saturated rings. The first-order chi connectivity index (χ1) is 18.0. The van der Waals surface area contributed by atoms with Gasteiger partial charge in [-0.1, -0.05) is 6.08 Å². The van der Waals surface area contributed by atoms with Gasteiger partial charge < -0.3 is 19.4 Å². The highest BCUT2D eigenvalue weighted by Gasteiger charge is 2.24. The highest BCUT2D eigenvalue weighted by Crippen LogP contribution is 2.31. The topological polar surface area (TPSA) is 81.5 Å². The summed E-state index contributed by atoms with van der Waals surface area (Å²) in [5.41, 5.74) is 4.64. The zero-order valence-corrected chi connectivity index (χ0v) is 21.8. The second-order valence-electron chi connectivity index (χ2n) is 9.98. The first-order valence-corrected chi connectivity index (χ1v) is 13.1. The van der Waals surface area contributed by atoms with E-state index in [1.54, 1.807) is 24.7 Å². The maximum atomic E-state index is 12.9. The summed E-state index contributed by atoms with van der Waals surface area (Å²) in [5.74, 6) is 1.25. The average Bonchev–Trinajstić information content (AvgIpc) is 3.40. The number of hydrogen-bond acceptors (Lipinski definition) is 6. The van der Waals surface area contributed by atoms with Crippen molar-refractivity contribution in [3.8, 4) is 11.6 Å². The molecule has 4 heterocycles. The molecule has 8 nitrogen and oxygen atoms in total. The molecule has 1 unspecified atom stereocenters. The number of amides is 1. The number of carbonyl (C=O) groups is 1. The average molecular weight is 502 g/mol. The largest absolute Gasteiger partial charge is 0.489 e. The number of carbonyl (C=O) groups excluding carboxylic acids is 1. The molecule has 1 atom stereocenters. The van der Waals surface area contributed by atoms with E-state index in [4.69, 9.17) is 14.5 Å². The fourth-order valence-corrected chi connectivity index (χ4v) is 5.03. The van der Waals surface area contributed by atoms with Crippen LogP contribution in [0.2, 0.25) is 0 Å². The number of ether oxygens (including phenoxy) is 2. The Morgan fingerprint density at radius 3 is 2.68 bits per heavy atom. The molecule has 1 aliphatic carbocycles. The molecule has 3 aromatic heterocycles. The van der Waals surface area contributed by atoms with Gasteiger partial charge in [0.15, 0.2) is 0 Å². The summed E-state index contributed by atoms with van der Waals surface area (Å²) in [6, 6.07) is 8.13. The van der Waals surface area contributed by atoms with E-state index >= 15 is 0 Å². The zero-order chi connectivity index (χ0) is 25.8. The monoisotopic (exact) mass is 501 g/mol. The van der Waals surface area contributed by atoms with Crippen LogP contribution < -0.4 is 10.1 Å². The van der Waals surface area contributed by atoms with Crippen LogP contribution in [0.1, 0.15) is 54.7 Å². The Labute approximate surface area is 218 Å². The number of hydrogen-bond donors (Lipinski definition) is 1. The lowest BCUT2D eigenvalue weighted by Gasteiger charge is -2.36. The molecule has 1 N–H and O–H groups in total. The van der Waals surface area contributed by atoms with E-state index in [9.17, 15) is 4.79 Å². The molecule has 0 spiro atoms. The highest BCUT2D eigenvalue weighted by molar-refractivity contribution is 6.04. The lowest BCUT2D eigenvalue weighted by molar-refractivity contribution is 0.0150. The molecule has 3 aromatic rings. The first-order valence-electron chi connectivity index (χ1n) is 13.1. The highest BCUT2D eigenvalue weighted by atomic mass is 16.5. The smallest absolute Gasteiger partial charge is 0.257 e. The molecule has 1 aliphatic heterocycles. The van der Waals surface area contributed by atoms with Crippen LogP contribution in [0.4, 0.5) is 5.69 Å². The Hall–Kier alpha value is -3.49. The number of aromatic nitrogens is 3. The summed E-state index contributed by atoms with van der Waals surface area (Å²) in [7, 11) is 0. The fraction of sp³-hybridized carbons (Fsp3) is 0.414. The van der Waals surface area contributed by atoms with Crippen molar-refractivity contribution in [2.24, 2.45) is 0 Å². The van der Waals surface area contributed by atoms with E-state index in [1.807, 2.05) is 42.8 Å². The van der Waals surface area contributed by atoms with Gasteiger partial charge in [0, 0.05) is 31.5 Å². The summed E-state index contributed by atoms with van der Waals surface area (Å²) in [5, 5.41) is 2.98. The fourth-order valence-electron chi connectivity index (χ4n) is 5.03. The number of anilines is 1. The van der Waals surface area contributed by atoms with Crippen LogP contribution in [0.25, 0.3) is 11.4 Å². The number of morpholine rings is 1. The number of allylic oxidation sites excluding steroid dienone is 1. The predicted molar refractivity (Wildman–Crippen MR) is 144 cm³/mol. The Kier molecular flexibility index (Phi) is 7.67. The number of pyridine rings is 2. The van der Waals surface area contributed by atoms with Gasteiger partial charge in [0.2, 0.25) is 0 Å². The SMILES string of the molecule is Cc1cc(NC(=O)c2ccn(-c3ccc(OC(C)C)cn3)c2)cnc1C1=CCC(N2CCOCC2)CC1. The summed E-state index contributed by atoms with van der Waals surface area (Å²) >= 11 is 0. The lowest BCUT2D eigenvalue weighted by Crippen LogP contribution is -2.43. The predicted octanol–water partition coefficient (Wildman–Crippen LogP) is 4.88. The maximum Gasteiger partial charge on any atom is 0.257 e. The Bertz CT molecular complexity index is 1260. The van der Waals surface area contributed by atoms with Gasteiger partial charge in [-0.25, -0.2) is 4.98 Å². The normalized spacial score (nSPS) is 18.5. The van der Waals surface area contributed by atoms with Gasteiger partial charge in [-0.2, -0.15) is 0 Å². The molecule has 2 aliphatic rings. The van der Waals surface area contributed by atoms with E-state index in [0.29, 0.717) is 23.1 Å². The summed E-state index contributed by atoms with van der Waals surface area (Å²) in [6.07, 6.45) is 12.7. The number of aryl methyl sites for hydroxylation is 1. The Morgan fingerprint density at radius 1 is 1.16 bits per heavy atom. The molecule has 1 saturated heterocycles. The van der Waals surface area contributed by atoms with Crippen molar-refractivity contribution in [1.29, 1.82) is 0 Å². The third kappa shape index (κ3) is 6.09. The van der Waals surface area contributed by atoms with E-state index in [-0.39, 0.29) is 12.0 Å². The number of nitrogens with one attached hydrogen (secondary N) is 1. The third-order valence-electron chi connectivity index (χ3n) is 6.90. The van der Waals surface area contributed by atoms with Crippen molar-refractivity contribution in [2.45, 2.75) is 52.2 Å². The van der Waals surface area contributed by atoms with Crippen molar-refractivity contribution in [2.75, 3.05) is 31.6 Å². The van der Waals surface area contributed by atoms with E-state index in [2.05, 4.69) is 28.2 Å². The van der Waals surface area contributed by atoms with Crippen molar-refractivity contribution >= 4 is 17.2 Å². The van der Waals surface area contributed by atoms with Crippen molar-refractivity contribution < 1.29 is 14.3 Å². The van der Waals surface area contributed by atoms with Crippen molar-refractivity contribution in [1.82, 2.24) is 19.4 Å². The van der Waals surface area contributed by atoms with Gasteiger partial charge in [-0.15, -0.1) is 0 Å². The van der Waals surface area contributed by atoms with Crippen molar-refractivity contribution in [3.63, 3.8) is 0 Å². The summed E-state index contributed by atoms with van der Waals surface area (Å²) < 4.78 is 13.0.